The quantitative estimate of drug-likeness (QED) is 0.729. The zero-order valence-corrected chi connectivity index (χ0v) is 10.6. The van der Waals surface area contributed by atoms with E-state index in [0.717, 1.165) is 0 Å². The molecule has 0 aliphatic carbocycles. The average molecular weight is 264 g/mol. The Morgan fingerprint density at radius 2 is 2.21 bits per heavy atom. The fourth-order valence-electron chi connectivity index (χ4n) is 1.65. The summed E-state index contributed by atoms with van der Waals surface area (Å²) in [5.41, 5.74) is 5.74. The molecule has 0 aliphatic rings. The van der Waals surface area contributed by atoms with Crippen LogP contribution in [0.25, 0.3) is 0 Å². The van der Waals surface area contributed by atoms with Crippen molar-refractivity contribution in [2.24, 2.45) is 5.73 Å². The number of carbonyl (C=O) groups excluding carboxylic acids is 2. The van der Waals surface area contributed by atoms with Crippen LogP contribution in [0.5, 0.6) is 0 Å². The predicted molar refractivity (Wildman–Crippen MR) is 70.7 cm³/mol. The first-order valence-corrected chi connectivity index (χ1v) is 5.97. The third-order valence-electron chi connectivity index (χ3n) is 2.59. The van der Waals surface area contributed by atoms with Crippen molar-refractivity contribution < 1.29 is 14.0 Å². The molecule has 0 radical (unpaired) electrons. The first-order chi connectivity index (χ1) is 9.02. The maximum atomic E-state index is 13.0. The molecule has 0 saturated carbocycles. The van der Waals surface area contributed by atoms with Crippen molar-refractivity contribution in [2.45, 2.75) is 25.3 Å². The molecular formula is C14H17FN2O2. The van der Waals surface area contributed by atoms with Gasteiger partial charge in [-0.05, 0) is 30.5 Å². The van der Waals surface area contributed by atoms with Crippen molar-refractivity contribution in [3.05, 3.63) is 48.3 Å². The number of hydrogen-bond donors (Lipinski definition) is 2. The normalized spacial score (nSPS) is 11.6. The minimum Gasteiger partial charge on any atom is -0.368 e. The van der Waals surface area contributed by atoms with Crippen molar-refractivity contribution in [3.63, 3.8) is 0 Å². The maximum Gasteiger partial charge on any atom is 0.240 e. The van der Waals surface area contributed by atoms with Gasteiger partial charge in [0.05, 0.1) is 6.42 Å². The van der Waals surface area contributed by atoms with Crippen LogP contribution in [0.4, 0.5) is 4.39 Å². The summed E-state index contributed by atoms with van der Waals surface area (Å²) in [4.78, 5) is 22.9. The van der Waals surface area contributed by atoms with E-state index in [0.29, 0.717) is 18.4 Å². The van der Waals surface area contributed by atoms with E-state index in [2.05, 4.69) is 11.9 Å². The molecule has 0 bridgehead atoms. The summed E-state index contributed by atoms with van der Waals surface area (Å²) >= 11 is 0. The van der Waals surface area contributed by atoms with Crippen molar-refractivity contribution >= 4 is 11.8 Å². The van der Waals surface area contributed by atoms with E-state index in [-0.39, 0.29) is 12.3 Å². The van der Waals surface area contributed by atoms with E-state index in [1.54, 1.807) is 12.1 Å². The zero-order chi connectivity index (χ0) is 14.3. The minimum atomic E-state index is -0.723. The molecule has 102 valence electrons. The third-order valence-corrected chi connectivity index (χ3v) is 2.59. The number of nitrogens with two attached hydrogens (primary N) is 1. The largest absolute Gasteiger partial charge is 0.368 e. The van der Waals surface area contributed by atoms with E-state index in [9.17, 15) is 14.0 Å². The van der Waals surface area contributed by atoms with Crippen molar-refractivity contribution in [2.75, 3.05) is 0 Å². The fraction of sp³-hybridized carbons (Fsp3) is 0.286. The zero-order valence-electron chi connectivity index (χ0n) is 10.6. The van der Waals surface area contributed by atoms with Gasteiger partial charge in [-0.3, -0.25) is 9.59 Å². The molecule has 0 unspecified atom stereocenters. The van der Waals surface area contributed by atoms with E-state index < -0.39 is 17.8 Å². The second-order valence-corrected chi connectivity index (χ2v) is 4.20. The number of hydrogen-bond acceptors (Lipinski definition) is 2. The molecule has 4 nitrogen and oxygen atoms in total. The molecule has 0 fully saturated rings. The number of allylic oxidation sites excluding steroid dienone is 1. The molecule has 0 saturated heterocycles. The van der Waals surface area contributed by atoms with Crippen molar-refractivity contribution in [3.8, 4) is 0 Å². The summed E-state index contributed by atoms with van der Waals surface area (Å²) in [5, 5.41) is 2.54. The maximum absolute atomic E-state index is 13.0. The van der Waals surface area contributed by atoms with Gasteiger partial charge in [-0.15, -0.1) is 6.58 Å². The third kappa shape index (κ3) is 5.33. The van der Waals surface area contributed by atoms with Gasteiger partial charge in [0.1, 0.15) is 11.9 Å². The van der Waals surface area contributed by atoms with Gasteiger partial charge in [-0.2, -0.15) is 0 Å². The van der Waals surface area contributed by atoms with Crippen LogP contribution in [0.2, 0.25) is 0 Å². The Labute approximate surface area is 111 Å². The molecular weight excluding hydrogens is 247 g/mol. The van der Waals surface area contributed by atoms with Crippen molar-refractivity contribution in [1.29, 1.82) is 0 Å². The Balaban J connectivity index is 2.57. The highest BCUT2D eigenvalue weighted by atomic mass is 19.1. The van der Waals surface area contributed by atoms with Crippen LogP contribution >= 0.6 is 0 Å². The van der Waals surface area contributed by atoms with Gasteiger partial charge >= 0.3 is 0 Å². The highest BCUT2D eigenvalue weighted by Crippen LogP contribution is 2.05. The Morgan fingerprint density at radius 1 is 1.47 bits per heavy atom. The number of amides is 2. The van der Waals surface area contributed by atoms with Crippen LogP contribution in [0.1, 0.15) is 18.4 Å². The van der Waals surface area contributed by atoms with Gasteiger partial charge in [0, 0.05) is 0 Å². The van der Waals surface area contributed by atoms with Crippen LogP contribution in [-0.2, 0) is 16.0 Å². The SMILES string of the molecule is C=CCC[C@@H](NC(=O)Cc1cccc(F)c1)C(N)=O. The molecule has 1 atom stereocenters. The molecule has 0 aromatic heterocycles. The molecule has 2 amide bonds. The Hall–Kier alpha value is -2.17. The van der Waals surface area contributed by atoms with Crippen LogP contribution < -0.4 is 11.1 Å². The van der Waals surface area contributed by atoms with Gasteiger partial charge in [0.25, 0.3) is 0 Å². The van der Waals surface area contributed by atoms with Gasteiger partial charge in [0.15, 0.2) is 0 Å². The number of primary amides is 1. The summed E-state index contributed by atoms with van der Waals surface area (Å²) in [7, 11) is 0. The molecule has 19 heavy (non-hydrogen) atoms. The number of carbonyl (C=O) groups is 2. The Morgan fingerprint density at radius 3 is 2.79 bits per heavy atom. The molecule has 0 aliphatic heterocycles. The van der Waals surface area contributed by atoms with Gasteiger partial charge in [0.2, 0.25) is 11.8 Å². The number of halogens is 1. The van der Waals surface area contributed by atoms with Gasteiger partial charge in [-0.25, -0.2) is 4.39 Å². The molecule has 0 heterocycles. The van der Waals surface area contributed by atoms with Crippen LogP contribution in [-0.4, -0.2) is 17.9 Å². The Bertz CT molecular complexity index is 474. The lowest BCUT2D eigenvalue weighted by atomic mass is 10.1. The summed E-state index contributed by atoms with van der Waals surface area (Å²) in [6.45, 7) is 3.54. The van der Waals surface area contributed by atoms with Gasteiger partial charge < -0.3 is 11.1 Å². The van der Waals surface area contributed by atoms with Crippen LogP contribution in [0, 0.1) is 5.82 Å². The summed E-state index contributed by atoms with van der Waals surface area (Å²) < 4.78 is 13.0. The molecule has 1 aromatic carbocycles. The molecule has 1 rings (SSSR count). The van der Waals surface area contributed by atoms with Gasteiger partial charge in [-0.1, -0.05) is 18.2 Å². The lowest BCUT2D eigenvalue weighted by Gasteiger charge is -2.14. The standard InChI is InChI=1S/C14H17FN2O2/c1-2-3-7-12(14(16)19)17-13(18)9-10-5-4-6-11(15)8-10/h2,4-6,8,12H,1,3,7,9H2,(H2,16,19)(H,17,18)/t12-/m1/s1. The second-order valence-electron chi connectivity index (χ2n) is 4.20. The van der Waals surface area contributed by atoms with Crippen molar-refractivity contribution in [1.82, 2.24) is 5.32 Å². The Kier molecular flexibility index (Phi) is 5.73. The van der Waals surface area contributed by atoms with E-state index in [1.165, 1.54) is 18.2 Å². The predicted octanol–water partition coefficient (Wildman–Crippen LogP) is 1.30. The lowest BCUT2D eigenvalue weighted by molar-refractivity contribution is -0.127. The minimum absolute atomic E-state index is 0.00955. The first-order valence-electron chi connectivity index (χ1n) is 5.97. The van der Waals surface area contributed by atoms with E-state index >= 15 is 0 Å². The monoisotopic (exact) mass is 264 g/mol. The van der Waals surface area contributed by atoms with E-state index in [1.807, 2.05) is 0 Å². The molecule has 3 N–H and O–H groups in total. The summed E-state index contributed by atoms with van der Waals surface area (Å²) in [5.74, 6) is -1.35. The summed E-state index contributed by atoms with van der Waals surface area (Å²) in [6, 6.07) is 5.03. The highest BCUT2D eigenvalue weighted by molar-refractivity contribution is 5.87. The first kappa shape index (κ1) is 14.9. The average Bonchev–Trinajstić information content (AvgIpc) is 2.34. The fourth-order valence-corrected chi connectivity index (χ4v) is 1.65. The number of rotatable bonds is 7. The lowest BCUT2D eigenvalue weighted by Crippen LogP contribution is -2.44. The number of nitrogens with one attached hydrogen (secondary N) is 1. The molecule has 5 heteroatoms. The van der Waals surface area contributed by atoms with E-state index in [4.69, 9.17) is 5.73 Å². The highest BCUT2D eigenvalue weighted by Gasteiger charge is 2.17. The topological polar surface area (TPSA) is 72.2 Å². The number of benzene rings is 1. The smallest absolute Gasteiger partial charge is 0.240 e. The van der Waals surface area contributed by atoms with Crippen LogP contribution in [0.15, 0.2) is 36.9 Å². The molecule has 0 spiro atoms. The summed E-state index contributed by atoms with van der Waals surface area (Å²) in [6.07, 6.45) is 2.64. The molecule has 1 aromatic rings. The second kappa shape index (κ2) is 7.31. The van der Waals surface area contributed by atoms with Crippen LogP contribution in [0.3, 0.4) is 0 Å².